The molecular formula is C20H20N6OS. The fraction of sp³-hybridized carbons (Fsp3) is 0.300. The van der Waals surface area contributed by atoms with Crippen molar-refractivity contribution < 1.29 is 4.79 Å². The summed E-state index contributed by atoms with van der Waals surface area (Å²) >= 11 is 1.60. The number of aromatic nitrogens is 5. The number of amides is 1. The lowest BCUT2D eigenvalue weighted by Crippen LogP contribution is -2.40. The van der Waals surface area contributed by atoms with Crippen LogP contribution in [-0.2, 0) is 6.54 Å². The number of hydrogen-bond donors (Lipinski definition) is 0. The first-order valence-electron chi connectivity index (χ1n) is 9.39. The fourth-order valence-electron chi connectivity index (χ4n) is 3.88. The van der Waals surface area contributed by atoms with E-state index in [0.717, 1.165) is 43.1 Å². The van der Waals surface area contributed by atoms with Crippen molar-refractivity contribution in [3.05, 3.63) is 71.1 Å². The molecule has 0 saturated carbocycles. The molecule has 5 rings (SSSR count). The Balaban J connectivity index is 1.35. The zero-order valence-corrected chi connectivity index (χ0v) is 16.1. The van der Waals surface area contributed by atoms with Gasteiger partial charge in [-0.1, -0.05) is 6.07 Å². The summed E-state index contributed by atoms with van der Waals surface area (Å²) in [7, 11) is 0. The third-order valence-corrected chi connectivity index (χ3v) is 5.86. The lowest BCUT2D eigenvalue weighted by molar-refractivity contribution is 0.0698. The van der Waals surface area contributed by atoms with Gasteiger partial charge in [0.25, 0.3) is 5.91 Å². The number of hydrogen-bond acceptors (Lipinski definition) is 5. The van der Waals surface area contributed by atoms with Crippen molar-refractivity contribution in [3.63, 3.8) is 0 Å². The van der Waals surface area contributed by atoms with Gasteiger partial charge in [-0.2, -0.15) is 0 Å². The molecule has 4 aromatic rings. The van der Waals surface area contributed by atoms with Gasteiger partial charge < -0.3 is 13.9 Å². The van der Waals surface area contributed by atoms with Crippen molar-refractivity contribution in [2.75, 3.05) is 13.1 Å². The van der Waals surface area contributed by atoms with Crippen molar-refractivity contribution >= 4 is 22.9 Å². The summed E-state index contributed by atoms with van der Waals surface area (Å²) in [6.07, 6.45) is 9.55. The van der Waals surface area contributed by atoms with Crippen LogP contribution in [0.25, 0.3) is 5.65 Å². The highest BCUT2D eigenvalue weighted by Crippen LogP contribution is 2.27. The van der Waals surface area contributed by atoms with Gasteiger partial charge >= 0.3 is 0 Å². The van der Waals surface area contributed by atoms with E-state index in [9.17, 15) is 4.79 Å². The highest BCUT2D eigenvalue weighted by atomic mass is 32.1. The molecule has 1 atom stereocenters. The van der Waals surface area contributed by atoms with Gasteiger partial charge in [-0.15, -0.1) is 11.3 Å². The molecule has 28 heavy (non-hydrogen) atoms. The van der Waals surface area contributed by atoms with Gasteiger partial charge in [-0.3, -0.25) is 4.79 Å². The number of thiazole rings is 1. The summed E-state index contributed by atoms with van der Waals surface area (Å²) in [4.78, 5) is 28.4. The number of fused-ring (bicyclic) bond motifs is 1. The fourth-order valence-corrected chi connectivity index (χ4v) is 4.43. The first-order valence-corrected chi connectivity index (χ1v) is 10.3. The van der Waals surface area contributed by atoms with Gasteiger partial charge in [0.15, 0.2) is 0 Å². The summed E-state index contributed by atoms with van der Waals surface area (Å²) in [5.74, 6) is 1.25. The minimum atomic E-state index is -0.00833. The van der Waals surface area contributed by atoms with Crippen molar-refractivity contribution in [1.29, 1.82) is 0 Å². The Labute approximate surface area is 166 Å². The summed E-state index contributed by atoms with van der Waals surface area (Å²) in [6, 6.07) is 5.77. The summed E-state index contributed by atoms with van der Waals surface area (Å²) < 4.78 is 4.04. The second kappa shape index (κ2) is 7.20. The smallest absolute Gasteiger partial charge is 0.274 e. The Bertz CT molecular complexity index is 1070. The first-order chi connectivity index (χ1) is 13.8. The standard InChI is InChI=1S/C20H20N6OS/c27-20(17-12-24-7-2-1-5-18(24)23-17)26-8-3-4-15(10-26)19-21-6-9-25(19)11-16-13-28-14-22-16/h1-2,5-7,9,12-15H,3-4,8,10-11H2. The molecule has 0 aromatic carbocycles. The van der Waals surface area contributed by atoms with Crippen LogP contribution in [0.3, 0.4) is 0 Å². The first kappa shape index (κ1) is 17.1. The Morgan fingerprint density at radius 3 is 3.07 bits per heavy atom. The van der Waals surface area contributed by atoms with E-state index in [1.54, 1.807) is 11.3 Å². The molecule has 0 aliphatic carbocycles. The number of nitrogens with zero attached hydrogens (tertiary/aromatic N) is 6. The molecule has 0 spiro atoms. The number of imidazole rings is 2. The van der Waals surface area contributed by atoms with Gasteiger partial charge in [-0.25, -0.2) is 15.0 Å². The lowest BCUT2D eigenvalue weighted by atomic mass is 9.97. The largest absolute Gasteiger partial charge is 0.337 e. The summed E-state index contributed by atoms with van der Waals surface area (Å²) in [6.45, 7) is 2.15. The van der Waals surface area contributed by atoms with Crippen molar-refractivity contribution in [1.82, 2.24) is 28.8 Å². The molecule has 7 nitrogen and oxygen atoms in total. The number of pyridine rings is 1. The van der Waals surface area contributed by atoms with E-state index in [1.165, 1.54) is 0 Å². The Morgan fingerprint density at radius 2 is 2.21 bits per heavy atom. The number of carbonyl (C=O) groups is 1. The molecule has 142 valence electrons. The molecule has 8 heteroatoms. The summed E-state index contributed by atoms with van der Waals surface area (Å²) in [5, 5.41) is 2.06. The molecular weight excluding hydrogens is 372 g/mol. The average molecular weight is 392 g/mol. The Kier molecular flexibility index (Phi) is 4.40. The predicted molar refractivity (Wildman–Crippen MR) is 107 cm³/mol. The van der Waals surface area contributed by atoms with E-state index in [0.29, 0.717) is 12.2 Å². The minimum absolute atomic E-state index is 0.00833. The van der Waals surface area contributed by atoms with E-state index >= 15 is 0 Å². The van der Waals surface area contributed by atoms with Crippen LogP contribution >= 0.6 is 11.3 Å². The van der Waals surface area contributed by atoms with Crippen molar-refractivity contribution in [2.24, 2.45) is 0 Å². The monoisotopic (exact) mass is 392 g/mol. The molecule has 0 bridgehead atoms. The van der Waals surface area contributed by atoms with Crippen LogP contribution < -0.4 is 0 Å². The molecule has 1 aliphatic rings. The van der Waals surface area contributed by atoms with Gasteiger partial charge in [-0.05, 0) is 25.0 Å². The van der Waals surface area contributed by atoms with Crippen molar-refractivity contribution in [3.8, 4) is 0 Å². The molecule has 1 unspecified atom stereocenters. The van der Waals surface area contributed by atoms with Crippen LogP contribution in [0.5, 0.6) is 0 Å². The van der Waals surface area contributed by atoms with Crippen LogP contribution in [0.15, 0.2) is 53.9 Å². The normalized spacial score (nSPS) is 17.3. The molecule has 1 fully saturated rings. The molecule has 1 amide bonds. The lowest BCUT2D eigenvalue weighted by Gasteiger charge is -2.32. The van der Waals surface area contributed by atoms with Crippen LogP contribution in [-0.4, -0.2) is 47.8 Å². The Hall–Kier alpha value is -3.00. The highest BCUT2D eigenvalue weighted by molar-refractivity contribution is 7.07. The van der Waals surface area contributed by atoms with E-state index in [2.05, 4.69) is 24.9 Å². The molecule has 4 aromatic heterocycles. The maximum absolute atomic E-state index is 13.0. The quantitative estimate of drug-likeness (QED) is 0.535. The third kappa shape index (κ3) is 3.20. The SMILES string of the molecule is O=C(c1cn2ccccc2n1)N1CCCC(c2nccn2Cc2cscn2)C1. The average Bonchev–Trinajstić information content (AvgIpc) is 3.48. The van der Waals surface area contributed by atoms with Gasteiger partial charge in [0, 0.05) is 49.2 Å². The predicted octanol–water partition coefficient (Wildman–Crippen LogP) is 3.06. The molecule has 0 N–H and O–H groups in total. The Morgan fingerprint density at radius 1 is 1.25 bits per heavy atom. The van der Waals surface area contributed by atoms with Gasteiger partial charge in [0.05, 0.1) is 17.7 Å². The van der Waals surface area contributed by atoms with Crippen LogP contribution in [0.4, 0.5) is 0 Å². The third-order valence-electron chi connectivity index (χ3n) is 5.22. The van der Waals surface area contributed by atoms with Crippen LogP contribution in [0.1, 0.15) is 40.8 Å². The second-order valence-corrected chi connectivity index (χ2v) is 7.79. The van der Waals surface area contributed by atoms with E-state index in [1.807, 2.05) is 57.8 Å². The van der Waals surface area contributed by atoms with Crippen LogP contribution in [0, 0.1) is 0 Å². The number of rotatable bonds is 4. The number of piperidine rings is 1. The minimum Gasteiger partial charge on any atom is -0.337 e. The zero-order chi connectivity index (χ0) is 18.9. The van der Waals surface area contributed by atoms with Gasteiger partial charge in [0.1, 0.15) is 17.2 Å². The second-order valence-electron chi connectivity index (χ2n) is 7.08. The van der Waals surface area contributed by atoms with Crippen molar-refractivity contribution in [2.45, 2.75) is 25.3 Å². The molecule has 1 saturated heterocycles. The number of carbonyl (C=O) groups excluding carboxylic acids is 1. The molecule has 1 aliphatic heterocycles. The highest BCUT2D eigenvalue weighted by Gasteiger charge is 2.29. The maximum Gasteiger partial charge on any atom is 0.274 e. The van der Waals surface area contributed by atoms with Gasteiger partial charge in [0.2, 0.25) is 0 Å². The number of likely N-dealkylation sites (tertiary alicyclic amines) is 1. The van der Waals surface area contributed by atoms with E-state index in [4.69, 9.17) is 0 Å². The van der Waals surface area contributed by atoms with E-state index in [-0.39, 0.29) is 11.8 Å². The zero-order valence-electron chi connectivity index (χ0n) is 15.3. The maximum atomic E-state index is 13.0. The summed E-state index contributed by atoms with van der Waals surface area (Å²) in [5.41, 5.74) is 4.18. The van der Waals surface area contributed by atoms with Crippen LogP contribution in [0.2, 0.25) is 0 Å². The topological polar surface area (TPSA) is 68.3 Å². The van der Waals surface area contributed by atoms with E-state index < -0.39 is 0 Å². The molecule has 5 heterocycles. The molecule has 0 radical (unpaired) electrons.